The van der Waals surface area contributed by atoms with Crippen LogP contribution in [0.5, 0.6) is 5.75 Å². The number of nitrogens with one attached hydrogen (secondary N) is 2. The molecular formula is C20H18N2O3. The van der Waals surface area contributed by atoms with E-state index in [9.17, 15) is 4.79 Å². The van der Waals surface area contributed by atoms with Gasteiger partial charge in [0.1, 0.15) is 5.75 Å². The minimum Gasteiger partial charge on any atom is -0.437 e. The van der Waals surface area contributed by atoms with Crippen molar-refractivity contribution < 1.29 is 14.3 Å². The lowest BCUT2D eigenvalue weighted by Crippen LogP contribution is -2.07. The summed E-state index contributed by atoms with van der Waals surface area (Å²) in [5.41, 5.74) is 3.91. The number of carbonyl (C=O) groups excluding carboxylic acids is 1. The fourth-order valence-corrected chi connectivity index (χ4v) is 2.24. The third kappa shape index (κ3) is 4.75. The van der Waals surface area contributed by atoms with Gasteiger partial charge in [0, 0.05) is 22.7 Å². The lowest BCUT2D eigenvalue weighted by Gasteiger charge is -2.10. The first-order valence-electron chi connectivity index (χ1n) is 7.78. The first-order valence-corrected chi connectivity index (χ1v) is 7.78. The average molecular weight is 334 g/mol. The molecule has 0 aliphatic rings. The van der Waals surface area contributed by atoms with Gasteiger partial charge in [0.15, 0.2) is 0 Å². The Morgan fingerprint density at radius 1 is 0.680 bits per heavy atom. The molecule has 5 heteroatoms. The summed E-state index contributed by atoms with van der Waals surface area (Å²) in [7, 11) is 1.27. The molecule has 0 fully saturated rings. The highest BCUT2D eigenvalue weighted by atomic mass is 16.7. The number of anilines is 4. The summed E-state index contributed by atoms with van der Waals surface area (Å²) in [5.74, 6) is 0.430. The van der Waals surface area contributed by atoms with Crippen LogP contribution >= 0.6 is 0 Å². The van der Waals surface area contributed by atoms with Crippen LogP contribution in [0.4, 0.5) is 27.5 Å². The number of benzene rings is 3. The van der Waals surface area contributed by atoms with Gasteiger partial charge in [-0.05, 0) is 60.7 Å². The summed E-state index contributed by atoms with van der Waals surface area (Å²) < 4.78 is 9.39. The topological polar surface area (TPSA) is 59.6 Å². The van der Waals surface area contributed by atoms with Gasteiger partial charge in [-0.2, -0.15) is 0 Å². The van der Waals surface area contributed by atoms with Crippen LogP contribution in [0.1, 0.15) is 0 Å². The second-order valence-electron chi connectivity index (χ2n) is 5.27. The van der Waals surface area contributed by atoms with Crippen LogP contribution in [-0.2, 0) is 4.74 Å². The predicted molar refractivity (Wildman–Crippen MR) is 98.9 cm³/mol. The Morgan fingerprint density at radius 2 is 1.12 bits per heavy atom. The maximum atomic E-state index is 11.1. The highest BCUT2D eigenvalue weighted by Crippen LogP contribution is 2.23. The Balaban J connectivity index is 1.60. The van der Waals surface area contributed by atoms with Crippen molar-refractivity contribution >= 4 is 28.9 Å². The Kier molecular flexibility index (Phi) is 5.16. The Hall–Kier alpha value is -3.47. The van der Waals surface area contributed by atoms with Crippen molar-refractivity contribution in [2.24, 2.45) is 0 Å². The monoisotopic (exact) mass is 334 g/mol. The van der Waals surface area contributed by atoms with Gasteiger partial charge in [0.2, 0.25) is 0 Å². The number of methoxy groups -OCH3 is 1. The largest absolute Gasteiger partial charge is 0.513 e. The molecule has 0 aliphatic carbocycles. The zero-order chi connectivity index (χ0) is 17.5. The molecule has 5 nitrogen and oxygen atoms in total. The van der Waals surface area contributed by atoms with E-state index in [-0.39, 0.29) is 0 Å². The van der Waals surface area contributed by atoms with Crippen LogP contribution in [0.25, 0.3) is 0 Å². The van der Waals surface area contributed by atoms with E-state index in [4.69, 9.17) is 4.74 Å². The van der Waals surface area contributed by atoms with Gasteiger partial charge in [-0.1, -0.05) is 18.2 Å². The van der Waals surface area contributed by atoms with Crippen LogP contribution in [-0.4, -0.2) is 13.3 Å². The third-order valence-electron chi connectivity index (χ3n) is 3.46. The molecule has 0 spiro atoms. The molecule has 3 aromatic carbocycles. The summed E-state index contributed by atoms with van der Waals surface area (Å²) >= 11 is 0. The van der Waals surface area contributed by atoms with Crippen LogP contribution in [0.15, 0.2) is 78.9 Å². The number of para-hydroxylation sites is 1. The van der Waals surface area contributed by atoms with E-state index < -0.39 is 6.16 Å². The standard InChI is InChI=1S/C20H18N2O3/c1-24-20(23)25-19-13-11-18(12-14-19)22-17-9-7-16(8-10-17)21-15-5-3-2-4-6-15/h2-14,21-22H,1H3. The lowest BCUT2D eigenvalue weighted by atomic mass is 10.2. The van der Waals surface area contributed by atoms with Crippen molar-refractivity contribution in [2.75, 3.05) is 17.7 Å². The summed E-state index contributed by atoms with van der Waals surface area (Å²) in [5, 5.41) is 6.63. The number of hydrogen-bond acceptors (Lipinski definition) is 5. The van der Waals surface area contributed by atoms with Crippen molar-refractivity contribution in [1.29, 1.82) is 0 Å². The molecule has 0 saturated carbocycles. The molecule has 3 rings (SSSR count). The molecule has 0 aliphatic heterocycles. The summed E-state index contributed by atoms with van der Waals surface area (Å²) in [6.45, 7) is 0. The maximum Gasteiger partial charge on any atom is 0.513 e. The lowest BCUT2D eigenvalue weighted by molar-refractivity contribution is 0.121. The molecule has 0 saturated heterocycles. The van der Waals surface area contributed by atoms with Gasteiger partial charge < -0.3 is 20.1 Å². The minimum atomic E-state index is -0.734. The number of carbonyl (C=O) groups is 1. The van der Waals surface area contributed by atoms with Crippen molar-refractivity contribution in [3.63, 3.8) is 0 Å². The Bertz CT molecular complexity index is 816. The number of ether oxygens (including phenoxy) is 2. The molecule has 0 atom stereocenters. The van der Waals surface area contributed by atoms with E-state index in [2.05, 4.69) is 15.4 Å². The SMILES string of the molecule is COC(=O)Oc1ccc(Nc2ccc(Nc3ccccc3)cc2)cc1. The Labute approximate surface area is 146 Å². The van der Waals surface area contributed by atoms with E-state index in [1.54, 1.807) is 12.1 Å². The van der Waals surface area contributed by atoms with Crippen LogP contribution in [0.2, 0.25) is 0 Å². The average Bonchev–Trinajstić information content (AvgIpc) is 2.66. The summed E-state index contributed by atoms with van der Waals surface area (Å²) in [6.07, 6.45) is -0.734. The van der Waals surface area contributed by atoms with Crippen molar-refractivity contribution in [3.05, 3.63) is 78.9 Å². The highest BCUT2D eigenvalue weighted by Gasteiger charge is 2.03. The molecule has 0 amide bonds. The smallest absolute Gasteiger partial charge is 0.437 e. The molecule has 0 unspecified atom stereocenters. The highest BCUT2D eigenvalue weighted by molar-refractivity contribution is 5.67. The second-order valence-corrected chi connectivity index (χ2v) is 5.27. The van der Waals surface area contributed by atoms with Gasteiger partial charge in [0.05, 0.1) is 7.11 Å². The Morgan fingerprint density at radius 3 is 1.60 bits per heavy atom. The van der Waals surface area contributed by atoms with Crippen molar-refractivity contribution in [2.45, 2.75) is 0 Å². The molecule has 0 heterocycles. The zero-order valence-electron chi connectivity index (χ0n) is 13.7. The van der Waals surface area contributed by atoms with Gasteiger partial charge in [-0.15, -0.1) is 0 Å². The maximum absolute atomic E-state index is 11.1. The molecule has 0 radical (unpaired) electrons. The van der Waals surface area contributed by atoms with Crippen LogP contribution < -0.4 is 15.4 Å². The fourth-order valence-electron chi connectivity index (χ4n) is 2.24. The summed E-state index contributed by atoms with van der Waals surface area (Å²) in [6, 6.07) is 25.0. The van der Waals surface area contributed by atoms with Gasteiger partial charge in [-0.3, -0.25) is 0 Å². The second kappa shape index (κ2) is 7.88. The van der Waals surface area contributed by atoms with E-state index in [0.717, 1.165) is 22.7 Å². The number of rotatable bonds is 5. The molecule has 2 N–H and O–H groups in total. The molecule has 0 bridgehead atoms. The fraction of sp³-hybridized carbons (Fsp3) is 0.0500. The molecule has 25 heavy (non-hydrogen) atoms. The number of hydrogen-bond donors (Lipinski definition) is 2. The van der Waals surface area contributed by atoms with Gasteiger partial charge in [-0.25, -0.2) is 4.79 Å². The van der Waals surface area contributed by atoms with Gasteiger partial charge in [0.25, 0.3) is 0 Å². The summed E-state index contributed by atoms with van der Waals surface area (Å²) in [4.78, 5) is 11.1. The van der Waals surface area contributed by atoms with Crippen LogP contribution in [0, 0.1) is 0 Å². The van der Waals surface area contributed by atoms with Gasteiger partial charge >= 0.3 is 6.16 Å². The minimum absolute atomic E-state index is 0.430. The van der Waals surface area contributed by atoms with Crippen molar-refractivity contribution in [1.82, 2.24) is 0 Å². The van der Waals surface area contributed by atoms with E-state index in [1.165, 1.54) is 7.11 Å². The molecule has 0 aromatic heterocycles. The molecule has 126 valence electrons. The normalized spacial score (nSPS) is 9.96. The van der Waals surface area contributed by atoms with E-state index in [0.29, 0.717) is 5.75 Å². The quantitative estimate of drug-likeness (QED) is 0.488. The third-order valence-corrected chi connectivity index (χ3v) is 3.46. The predicted octanol–water partition coefficient (Wildman–Crippen LogP) is 5.32. The molecular weight excluding hydrogens is 316 g/mol. The molecule has 3 aromatic rings. The van der Waals surface area contributed by atoms with Crippen LogP contribution in [0.3, 0.4) is 0 Å². The zero-order valence-corrected chi connectivity index (χ0v) is 13.7. The first kappa shape index (κ1) is 16.4. The van der Waals surface area contributed by atoms with Crippen molar-refractivity contribution in [3.8, 4) is 5.75 Å². The first-order chi connectivity index (χ1) is 12.2. The van der Waals surface area contributed by atoms with E-state index in [1.807, 2.05) is 66.7 Å². The van der Waals surface area contributed by atoms with E-state index >= 15 is 0 Å².